The van der Waals surface area contributed by atoms with Crippen LogP contribution in [0.5, 0.6) is 11.5 Å². The summed E-state index contributed by atoms with van der Waals surface area (Å²) in [7, 11) is 0. The lowest BCUT2D eigenvalue weighted by molar-refractivity contribution is -0.128. The van der Waals surface area contributed by atoms with Gasteiger partial charge in [-0.25, -0.2) is 13.6 Å². The molecule has 0 amide bonds. The van der Waals surface area contributed by atoms with Crippen molar-refractivity contribution in [2.75, 3.05) is 0 Å². The number of benzene rings is 2. The van der Waals surface area contributed by atoms with Crippen molar-refractivity contribution in [3.63, 3.8) is 0 Å². The molecule has 7 heteroatoms. The normalized spacial score (nSPS) is 11.5. The van der Waals surface area contributed by atoms with Crippen LogP contribution in [0, 0.1) is 17.5 Å². The monoisotopic (exact) mass is 350 g/mol. The van der Waals surface area contributed by atoms with Crippen LogP contribution in [0.25, 0.3) is 11.1 Å². The van der Waals surface area contributed by atoms with E-state index < -0.39 is 35.5 Å². The summed E-state index contributed by atoms with van der Waals surface area (Å²) in [6.07, 6.45) is 0.362. The Labute approximate surface area is 141 Å². The van der Waals surface area contributed by atoms with Gasteiger partial charge in [0.25, 0.3) is 0 Å². The van der Waals surface area contributed by atoms with Gasteiger partial charge in [-0.1, -0.05) is 13.2 Å². The number of esters is 1. The van der Waals surface area contributed by atoms with Gasteiger partial charge in [-0.05, 0) is 30.3 Å². The van der Waals surface area contributed by atoms with Crippen molar-refractivity contribution in [1.29, 1.82) is 0 Å². The standard InChI is InChI=1S/C18H13F3O4/c1-3-15(22)24-10-5-6-11(13(19)9-10)12-7-8-14(18(21)17(12)20)25-16(23)4-2/h3-9,16,23H,1-2H2. The van der Waals surface area contributed by atoms with Crippen molar-refractivity contribution in [3.8, 4) is 22.6 Å². The molecular formula is C18H13F3O4. The highest BCUT2D eigenvalue weighted by Gasteiger charge is 2.19. The third kappa shape index (κ3) is 4.07. The zero-order chi connectivity index (χ0) is 18.6. The first-order valence-corrected chi connectivity index (χ1v) is 6.96. The van der Waals surface area contributed by atoms with Crippen molar-refractivity contribution in [2.24, 2.45) is 0 Å². The summed E-state index contributed by atoms with van der Waals surface area (Å²) in [5.41, 5.74) is -0.609. The second-order valence-corrected chi connectivity index (χ2v) is 4.75. The highest BCUT2D eigenvalue weighted by molar-refractivity contribution is 5.83. The maximum atomic E-state index is 14.2. The summed E-state index contributed by atoms with van der Waals surface area (Å²) in [6, 6.07) is 5.37. The van der Waals surface area contributed by atoms with Crippen LogP contribution in [0.2, 0.25) is 0 Å². The summed E-state index contributed by atoms with van der Waals surface area (Å²) >= 11 is 0. The van der Waals surface area contributed by atoms with Gasteiger partial charge in [0, 0.05) is 23.3 Å². The van der Waals surface area contributed by atoms with Crippen LogP contribution in [0.3, 0.4) is 0 Å². The van der Waals surface area contributed by atoms with E-state index in [1.807, 2.05) is 0 Å². The highest BCUT2D eigenvalue weighted by Crippen LogP contribution is 2.33. The fourth-order valence-corrected chi connectivity index (χ4v) is 1.94. The molecule has 25 heavy (non-hydrogen) atoms. The number of aliphatic hydroxyl groups excluding tert-OH is 1. The van der Waals surface area contributed by atoms with Crippen LogP contribution < -0.4 is 9.47 Å². The zero-order valence-corrected chi connectivity index (χ0v) is 12.8. The molecule has 0 aliphatic rings. The Hall–Kier alpha value is -3.06. The average Bonchev–Trinajstić information content (AvgIpc) is 2.59. The van der Waals surface area contributed by atoms with Crippen LogP contribution in [-0.2, 0) is 4.79 Å². The molecule has 0 saturated carbocycles. The maximum absolute atomic E-state index is 14.2. The Bertz CT molecular complexity index is 833. The maximum Gasteiger partial charge on any atom is 0.335 e. The van der Waals surface area contributed by atoms with Crippen molar-refractivity contribution < 1.29 is 32.5 Å². The molecule has 4 nitrogen and oxygen atoms in total. The van der Waals surface area contributed by atoms with Gasteiger partial charge in [-0.2, -0.15) is 4.39 Å². The van der Waals surface area contributed by atoms with E-state index in [4.69, 9.17) is 9.47 Å². The van der Waals surface area contributed by atoms with E-state index in [9.17, 15) is 23.1 Å². The third-order valence-electron chi connectivity index (χ3n) is 3.11. The molecule has 0 aliphatic carbocycles. The van der Waals surface area contributed by atoms with Crippen molar-refractivity contribution >= 4 is 5.97 Å². The molecular weight excluding hydrogens is 337 g/mol. The van der Waals surface area contributed by atoms with Crippen LogP contribution in [0.4, 0.5) is 13.2 Å². The van der Waals surface area contributed by atoms with E-state index in [-0.39, 0.29) is 16.9 Å². The predicted octanol–water partition coefficient (Wildman–Crippen LogP) is 3.75. The summed E-state index contributed by atoms with van der Waals surface area (Å²) < 4.78 is 51.9. The molecule has 0 fully saturated rings. The molecule has 0 aliphatic heterocycles. The first-order valence-electron chi connectivity index (χ1n) is 6.96. The van der Waals surface area contributed by atoms with Crippen LogP contribution in [0.15, 0.2) is 55.6 Å². The molecule has 0 spiro atoms. The number of rotatable bonds is 6. The number of ether oxygens (including phenoxy) is 2. The topological polar surface area (TPSA) is 55.8 Å². The van der Waals surface area contributed by atoms with E-state index in [2.05, 4.69) is 13.2 Å². The molecule has 2 rings (SSSR count). The molecule has 1 N–H and O–H groups in total. The highest BCUT2D eigenvalue weighted by atomic mass is 19.2. The zero-order valence-electron chi connectivity index (χ0n) is 12.8. The van der Waals surface area contributed by atoms with Gasteiger partial charge in [-0.15, -0.1) is 0 Å². The third-order valence-corrected chi connectivity index (χ3v) is 3.11. The van der Waals surface area contributed by atoms with E-state index in [0.29, 0.717) is 0 Å². The summed E-state index contributed by atoms with van der Waals surface area (Å²) in [5, 5.41) is 9.24. The molecule has 0 aromatic heterocycles. The van der Waals surface area contributed by atoms with Gasteiger partial charge in [0.15, 0.2) is 11.6 Å². The van der Waals surface area contributed by atoms with Gasteiger partial charge in [0.05, 0.1) is 0 Å². The average molecular weight is 350 g/mol. The van der Waals surface area contributed by atoms with Crippen LogP contribution in [0.1, 0.15) is 0 Å². The van der Waals surface area contributed by atoms with Crippen molar-refractivity contribution in [1.82, 2.24) is 0 Å². The van der Waals surface area contributed by atoms with E-state index in [1.165, 1.54) is 6.07 Å². The number of carbonyl (C=O) groups is 1. The molecule has 130 valence electrons. The molecule has 1 atom stereocenters. The number of carbonyl (C=O) groups excluding carboxylic acids is 1. The Morgan fingerprint density at radius 2 is 1.76 bits per heavy atom. The Morgan fingerprint density at radius 1 is 1.08 bits per heavy atom. The van der Waals surface area contributed by atoms with Gasteiger partial charge >= 0.3 is 5.97 Å². The largest absolute Gasteiger partial charge is 0.458 e. The molecule has 1 unspecified atom stereocenters. The van der Waals surface area contributed by atoms with E-state index in [1.54, 1.807) is 0 Å². The van der Waals surface area contributed by atoms with Gasteiger partial charge in [-0.3, -0.25) is 0 Å². The van der Waals surface area contributed by atoms with Crippen LogP contribution >= 0.6 is 0 Å². The van der Waals surface area contributed by atoms with Crippen molar-refractivity contribution in [2.45, 2.75) is 6.29 Å². The number of aliphatic hydroxyl groups is 1. The van der Waals surface area contributed by atoms with Gasteiger partial charge < -0.3 is 14.6 Å². The Morgan fingerprint density at radius 3 is 2.36 bits per heavy atom. The smallest absolute Gasteiger partial charge is 0.335 e. The lowest BCUT2D eigenvalue weighted by Crippen LogP contribution is -2.13. The van der Waals surface area contributed by atoms with E-state index in [0.717, 1.165) is 36.4 Å². The molecule has 2 aromatic carbocycles. The van der Waals surface area contributed by atoms with Crippen LogP contribution in [-0.4, -0.2) is 17.4 Å². The number of halogens is 3. The Balaban J connectivity index is 2.38. The SMILES string of the molecule is C=CC(=O)Oc1ccc(-c2ccc(OC(O)C=C)c(F)c2F)c(F)c1. The summed E-state index contributed by atoms with van der Waals surface area (Å²) in [6.45, 7) is 6.44. The summed E-state index contributed by atoms with van der Waals surface area (Å²) in [5.74, 6) is -5.12. The van der Waals surface area contributed by atoms with E-state index >= 15 is 0 Å². The molecule has 0 bridgehead atoms. The van der Waals surface area contributed by atoms with Gasteiger partial charge in [0.1, 0.15) is 11.6 Å². The fraction of sp³-hybridized carbons (Fsp3) is 0.0556. The lowest BCUT2D eigenvalue weighted by Gasteiger charge is -2.13. The number of hydrogen-bond acceptors (Lipinski definition) is 4. The second kappa shape index (κ2) is 7.67. The lowest BCUT2D eigenvalue weighted by atomic mass is 10.0. The van der Waals surface area contributed by atoms with Gasteiger partial charge in [0.2, 0.25) is 12.1 Å². The predicted molar refractivity (Wildman–Crippen MR) is 84.4 cm³/mol. The molecule has 2 aromatic rings. The minimum absolute atomic E-state index is 0.110. The minimum Gasteiger partial charge on any atom is -0.458 e. The molecule has 0 radical (unpaired) electrons. The minimum atomic E-state index is -1.52. The van der Waals surface area contributed by atoms with Crippen molar-refractivity contribution in [3.05, 3.63) is 73.1 Å². The second-order valence-electron chi connectivity index (χ2n) is 4.75. The molecule has 0 saturated heterocycles. The number of hydrogen-bond donors (Lipinski definition) is 1. The summed E-state index contributed by atoms with van der Waals surface area (Å²) in [4.78, 5) is 11.1. The molecule has 0 heterocycles. The quantitative estimate of drug-likeness (QED) is 0.283. The first-order chi connectivity index (χ1) is 11.9. The fourth-order valence-electron chi connectivity index (χ4n) is 1.94. The first kappa shape index (κ1) is 18.3. The Kier molecular flexibility index (Phi) is 5.61.